The second kappa shape index (κ2) is 4.19. The zero-order chi connectivity index (χ0) is 13.5. The van der Waals surface area contributed by atoms with E-state index in [0.717, 1.165) is 22.4 Å². The second-order valence-electron chi connectivity index (χ2n) is 5.69. The molecule has 0 spiro atoms. The fourth-order valence-corrected chi connectivity index (χ4v) is 2.08. The first-order chi connectivity index (χ1) is 9.05. The van der Waals surface area contributed by atoms with Crippen molar-refractivity contribution in [1.82, 2.24) is 9.97 Å². The first-order valence-electron chi connectivity index (χ1n) is 6.35. The summed E-state index contributed by atoms with van der Waals surface area (Å²) in [7, 11) is 0. The standard InChI is InChI=1S/C16H16N2O/c1-16(2,3)11-7-8-13(17-9-11)12-5-4-6-14-15(12)19-10-18-14/h4-10H,1-3H3. The van der Waals surface area contributed by atoms with Crippen LogP contribution in [0, 0.1) is 0 Å². The highest BCUT2D eigenvalue weighted by Crippen LogP contribution is 2.28. The summed E-state index contributed by atoms with van der Waals surface area (Å²) >= 11 is 0. The highest BCUT2D eigenvalue weighted by Gasteiger charge is 2.15. The molecule has 0 radical (unpaired) electrons. The lowest BCUT2D eigenvalue weighted by atomic mass is 9.88. The molecule has 0 atom stereocenters. The minimum Gasteiger partial charge on any atom is -0.443 e. The van der Waals surface area contributed by atoms with Gasteiger partial charge in [0.1, 0.15) is 5.52 Å². The van der Waals surface area contributed by atoms with Crippen LogP contribution in [0.1, 0.15) is 26.3 Å². The molecule has 0 saturated heterocycles. The summed E-state index contributed by atoms with van der Waals surface area (Å²) in [6, 6.07) is 10.1. The first-order valence-corrected chi connectivity index (χ1v) is 6.35. The number of nitrogens with zero attached hydrogens (tertiary/aromatic N) is 2. The minimum atomic E-state index is 0.115. The number of oxazole rings is 1. The number of aromatic nitrogens is 2. The molecule has 96 valence electrons. The lowest BCUT2D eigenvalue weighted by Gasteiger charge is -2.18. The van der Waals surface area contributed by atoms with E-state index in [0.29, 0.717) is 0 Å². The number of hydrogen-bond donors (Lipinski definition) is 0. The molecule has 0 bridgehead atoms. The van der Waals surface area contributed by atoms with Gasteiger partial charge in [0.25, 0.3) is 0 Å². The Morgan fingerprint density at radius 2 is 1.84 bits per heavy atom. The van der Waals surface area contributed by atoms with Crippen molar-refractivity contribution in [3.63, 3.8) is 0 Å². The topological polar surface area (TPSA) is 38.9 Å². The summed E-state index contributed by atoms with van der Waals surface area (Å²) in [5, 5.41) is 0. The van der Waals surface area contributed by atoms with Crippen molar-refractivity contribution < 1.29 is 4.42 Å². The van der Waals surface area contributed by atoms with E-state index in [2.05, 4.69) is 36.8 Å². The van der Waals surface area contributed by atoms with Crippen LogP contribution >= 0.6 is 0 Å². The molecule has 0 amide bonds. The van der Waals surface area contributed by atoms with Crippen molar-refractivity contribution in [2.75, 3.05) is 0 Å². The van der Waals surface area contributed by atoms with Gasteiger partial charge in [-0.2, -0.15) is 0 Å². The van der Waals surface area contributed by atoms with Gasteiger partial charge < -0.3 is 4.42 Å². The molecule has 3 rings (SSSR count). The van der Waals surface area contributed by atoms with Crippen LogP contribution in [-0.2, 0) is 5.41 Å². The normalized spacial score (nSPS) is 11.9. The van der Waals surface area contributed by atoms with Gasteiger partial charge in [-0.05, 0) is 29.2 Å². The third-order valence-electron chi connectivity index (χ3n) is 3.26. The molecular weight excluding hydrogens is 236 g/mol. The quantitative estimate of drug-likeness (QED) is 0.652. The average molecular weight is 252 g/mol. The lowest BCUT2D eigenvalue weighted by molar-refractivity contribution is 0.587. The van der Waals surface area contributed by atoms with Gasteiger partial charge in [0.05, 0.1) is 5.69 Å². The molecule has 0 N–H and O–H groups in total. The zero-order valence-corrected chi connectivity index (χ0v) is 11.3. The Morgan fingerprint density at radius 3 is 2.53 bits per heavy atom. The predicted octanol–water partition coefficient (Wildman–Crippen LogP) is 4.19. The maximum absolute atomic E-state index is 5.45. The summed E-state index contributed by atoms with van der Waals surface area (Å²) in [4.78, 5) is 8.72. The van der Waals surface area contributed by atoms with Gasteiger partial charge in [-0.25, -0.2) is 4.98 Å². The first kappa shape index (κ1) is 11.9. The van der Waals surface area contributed by atoms with E-state index in [1.54, 1.807) is 0 Å². The Labute approximate surface area is 112 Å². The summed E-state index contributed by atoms with van der Waals surface area (Å²) < 4.78 is 5.45. The molecule has 3 heteroatoms. The van der Waals surface area contributed by atoms with E-state index in [4.69, 9.17) is 4.42 Å². The van der Waals surface area contributed by atoms with E-state index in [9.17, 15) is 0 Å². The summed E-state index contributed by atoms with van der Waals surface area (Å²) in [6.07, 6.45) is 3.40. The van der Waals surface area contributed by atoms with Gasteiger partial charge in [-0.1, -0.05) is 32.9 Å². The van der Waals surface area contributed by atoms with Gasteiger partial charge in [0.15, 0.2) is 12.0 Å². The van der Waals surface area contributed by atoms with Crippen LogP contribution in [0.25, 0.3) is 22.4 Å². The fourth-order valence-electron chi connectivity index (χ4n) is 2.08. The number of fused-ring (bicyclic) bond motifs is 1. The molecule has 2 aromatic heterocycles. The molecule has 0 aliphatic heterocycles. The molecule has 1 aromatic carbocycles. The number of pyridine rings is 1. The van der Waals surface area contributed by atoms with Gasteiger partial charge >= 0.3 is 0 Å². The van der Waals surface area contributed by atoms with Crippen LogP contribution in [0.3, 0.4) is 0 Å². The molecule has 0 fully saturated rings. The molecule has 0 aliphatic carbocycles. The van der Waals surface area contributed by atoms with Crippen molar-refractivity contribution in [2.24, 2.45) is 0 Å². The number of benzene rings is 1. The molecule has 19 heavy (non-hydrogen) atoms. The lowest BCUT2D eigenvalue weighted by Crippen LogP contribution is -2.11. The van der Waals surface area contributed by atoms with Crippen LogP contribution in [-0.4, -0.2) is 9.97 Å². The number of rotatable bonds is 1. The Kier molecular flexibility index (Phi) is 2.63. The molecule has 3 aromatic rings. The Bertz CT molecular complexity index is 705. The highest BCUT2D eigenvalue weighted by atomic mass is 16.3. The molecule has 3 nitrogen and oxygen atoms in total. The smallest absolute Gasteiger partial charge is 0.182 e. The average Bonchev–Trinajstić information content (AvgIpc) is 2.86. The summed E-state index contributed by atoms with van der Waals surface area (Å²) in [6.45, 7) is 6.54. The van der Waals surface area contributed by atoms with E-state index < -0.39 is 0 Å². The van der Waals surface area contributed by atoms with Crippen molar-refractivity contribution in [2.45, 2.75) is 26.2 Å². The van der Waals surface area contributed by atoms with E-state index in [-0.39, 0.29) is 5.41 Å². The molecular formula is C16H16N2O. The van der Waals surface area contributed by atoms with E-state index >= 15 is 0 Å². The van der Waals surface area contributed by atoms with Crippen LogP contribution in [0.5, 0.6) is 0 Å². The maximum Gasteiger partial charge on any atom is 0.182 e. The Hall–Kier alpha value is -2.16. The van der Waals surface area contributed by atoms with Crippen molar-refractivity contribution in [3.8, 4) is 11.3 Å². The highest BCUT2D eigenvalue weighted by molar-refractivity contribution is 5.88. The van der Waals surface area contributed by atoms with Gasteiger partial charge in [-0.15, -0.1) is 0 Å². The SMILES string of the molecule is CC(C)(C)c1ccc(-c2cccc3ncoc23)nc1. The van der Waals surface area contributed by atoms with Gasteiger partial charge in [0, 0.05) is 11.8 Å². The third kappa shape index (κ3) is 2.12. The fraction of sp³-hybridized carbons (Fsp3) is 0.250. The van der Waals surface area contributed by atoms with Crippen LogP contribution < -0.4 is 0 Å². The second-order valence-corrected chi connectivity index (χ2v) is 5.69. The Morgan fingerprint density at radius 1 is 1.00 bits per heavy atom. The summed E-state index contributed by atoms with van der Waals surface area (Å²) in [5.74, 6) is 0. The minimum absolute atomic E-state index is 0.115. The zero-order valence-electron chi connectivity index (χ0n) is 11.3. The van der Waals surface area contributed by atoms with E-state index in [1.807, 2.05) is 30.5 Å². The van der Waals surface area contributed by atoms with Gasteiger partial charge in [-0.3, -0.25) is 4.98 Å². The maximum atomic E-state index is 5.45. The number of hydrogen-bond acceptors (Lipinski definition) is 3. The molecule has 0 unspecified atom stereocenters. The van der Waals surface area contributed by atoms with Crippen molar-refractivity contribution in [3.05, 3.63) is 48.5 Å². The monoisotopic (exact) mass is 252 g/mol. The summed E-state index contributed by atoms with van der Waals surface area (Å²) in [5.41, 5.74) is 4.88. The molecule has 2 heterocycles. The predicted molar refractivity (Wildman–Crippen MR) is 75.9 cm³/mol. The van der Waals surface area contributed by atoms with Crippen LogP contribution in [0.15, 0.2) is 47.3 Å². The van der Waals surface area contributed by atoms with Crippen molar-refractivity contribution in [1.29, 1.82) is 0 Å². The third-order valence-corrected chi connectivity index (χ3v) is 3.26. The molecule has 0 saturated carbocycles. The van der Waals surface area contributed by atoms with Crippen molar-refractivity contribution >= 4 is 11.1 Å². The van der Waals surface area contributed by atoms with E-state index in [1.165, 1.54) is 12.0 Å². The van der Waals surface area contributed by atoms with Crippen LogP contribution in [0.2, 0.25) is 0 Å². The Balaban J connectivity index is 2.10. The largest absolute Gasteiger partial charge is 0.443 e. The van der Waals surface area contributed by atoms with Gasteiger partial charge in [0.2, 0.25) is 0 Å². The number of para-hydroxylation sites is 1. The molecule has 0 aliphatic rings. The van der Waals surface area contributed by atoms with Crippen LogP contribution in [0.4, 0.5) is 0 Å².